The van der Waals surface area contributed by atoms with Crippen LogP contribution in [0.3, 0.4) is 0 Å². The Hall–Kier alpha value is -1.99. The summed E-state index contributed by atoms with van der Waals surface area (Å²) in [6.07, 6.45) is -2.08. The van der Waals surface area contributed by atoms with Crippen molar-refractivity contribution in [1.82, 2.24) is 20.1 Å². The van der Waals surface area contributed by atoms with Crippen molar-refractivity contribution in [3.05, 3.63) is 24.4 Å². The van der Waals surface area contributed by atoms with E-state index >= 15 is 0 Å². The Labute approximate surface area is 81.0 Å². The molecule has 0 N–H and O–H groups in total. The van der Waals surface area contributed by atoms with E-state index < -0.39 is 11.7 Å². The number of hydrogen-bond donors (Lipinski definition) is 0. The van der Waals surface area contributed by atoms with E-state index in [4.69, 9.17) is 0 Å². The van der Waals surface area contributed by atoms with Gasteiger partial charge in [-0.25, -0.2) is 9.97 Å². The summed E-state index contributed by atoms with van der Waals surface area (Å²) in [6, 6.07) is 0. The van der Waals surface area contributed by atoms with Gasteiger partial charge in [0.1, 0.15) is 0 Å². The summed E-state index contributed by atoms with van der Waals surface area (Å²) in [7, 11) is 0. The number of alkyl halides is 3. The van der Waals surface area contributed by atoms with Crippen LogP contribution in [0.2, 0.25) is 0 Å². The van der Waals surface area contributed by atoms with Crippen molar-refractivity contribution in [2.45, 2.75) is 6.18 Å². The molecule has 78 valence electrons. The maximum Gasteiger partial charge on any atom is 0.419 e. The minimum absolute atomic E-state index is 0.0169. The topological polar surface area (TPSA) is 64.7 Å². The fourth-order valence-electron chi connectivity index (χ4n) is 0.859. The highest BCUT2D eigenvalue weighted by Crippen LogP contribution is 2.28. The van der Waals surface area contributed by atoms with Gasteiger partial charge in [0.15, 0.2) is 0 Å². The highest BCUT2D eigenvalue weighted by atomic mass is 19.4. The van der Waals surface area contributed by atoms with Gasteiger partial charge in [-0.3, -0.25) is 0 Å². The SMILES string of the molecule is FC(F)(F)c1cnc(-c2ncon2)nc1. The van der Waals surface area contributed by atoms with Crippen molar-refractivity contribution in [1.29, 1.82) is 0 Å². The van der Waals surface area contributed by atoms with Crippen molar-refractivity contribution in [3.63, 3.8) is 0 Å². The summed E-state index contributed by atoms with van der Waals surface area (Å²) in [6.45, 7) is 0. The van der Waals surface area contributed by atoms with E-state index in [0.717, 1.165) is 6.39 Å². The van der Waals surface area contributed by atoms with Crippen molar-refractivity contribution >= 4 is 0 Å². The molecule has 0 atom stereocenters. The van der Waals surface area contributed by atoms with Crippen molar-refractivity contribution in [2.75, 3.05) is 0 Å². The third kappa shape index (κ3) is 1.92. The molecule has 8 heteroatoms. The van der Waals surface area contributed by atoms with Gasteiger partial charge in [-0.05, 0) is 0 Å². The zero-order valence-corrected chi connectivity index (χ0v) is 7.06. The lowest BCUT2D eigenvalue weighted by Gasteiger charge is -2.04. The van der Waals surface area contributed by atoms with Crippen molar-refractivity contribution in [2.24, 2.45) is 0 Å². The van der Waals surface area contributed by atoms with Gasteiger partial charge in [-0.15, -0.1) is 0 Å². The number of halogens is 3. The van der Waals surface area contributed by atoms with Crippen LogP contribution in [0.5, 0.6) is 0 Å². The molecule has 2 heterocycles. The Balaban J connectivity index is 2.33. The molecule has 0 amide bonds. The molecule has 0 spiro atoms. The molecule has 0 fully saturated rings. The Bertz CT molecular complexity index is 436. The Morgan fingerprint density at radius 1 is 1.00 bits per heavy atom. The second-order valence-electron chi connectivity index (χ2n) is 2.55. The second-order valence-corrected chi connectivity index (χ2v) is 2.55. The monoisotopic (exact) mass is 216 g/mol. The molecule has 2 aromatic heterocycles. The first-order valence-corrected chi connectivity index (χ1v) is 3.73. The molecule has 0 aromatic carbocycles. The third-order valence-corrected chi connectivity index (χ3v) is 1.54. The molecule has 0 unspecified atom stereocenters. The van der Waals surface area contributed by atoms with Gasteiger partial charge in [0, 0.05) is 12.4 Å². The van der Waals surface area contributed by atoms with Crippen LogP contribution >= 0.6 is 0 Å². The fourth-order valence-corrected chi connectivity index (χ4v) is 0.859. The van der Waals surface area contributed by atoms with Gasteiger partial charge in [-0.1, -0.05) is 5.16 Å². The van der Waals surface area contributed by atoms with E-state index in [9.17, 15) is 13.2 Å². The maximum atomic E-state index is 12.1. The molecule has 2 rings (SSSR count). The van der Waals surface area contributed by atoms with E-state index in [1.807, 2.05) is 0 Å². The van der Waals surface area contributed by atoms with E-state index in [1.54, 1.807) is 0 Å². The third-order valence-electron chi connectivity index (χ3n) is 1.54. The van der Waals surface area contributed by atoms with Crippen LogP contribution in [0, 0.1) is 0 Å². The van der Waals surface area contributed by atoms with Gasteiger partial charge < -0.3 is 4.52 Å². The molecule has 2 aromatic rings. The van der Waals surface area contributed by atoms with Crippen molar-refractivity contribution < 1.29 is 17.7 Å². The molecule has 5 nitrogen and oxygen atoms in total. The summed E-state index contributed by atoms with van der Waals surface area (Å²) in [5.41, 5.74) is -0.922. The molecular formula is C7H3F3N4O. The predicted molar refractivity (Wildman–Crippen MR) is 40.3 cm³/mol. The normalized spacial score (nSPS) is 11.7. The van der Waals surface area contributed by atoms with Crippen LogP contribution in [-0.2, 0) is 6.18 Å². The van der Waals surface area contributed by atoms with Gasteiger partial charge >= 0.3 is 6.18 Å². The minimum Gasteiger partial charge on any atom is -0.342 e. The molecule has 0 aliphatic rings. The second kappa shape index (κ2) is 3.30. The molecule has 0 bridgehead atoms. The molecule has 0 aliphatic carbocycles. The Kier molecular flexibility index (Phi) is 2.10. The average molecular weight is 216 g/mol. The number of nitrogens with zero attached hydrogens (tertiary/aromatic N) is 4. The quantitative estimate of drug-likeness (QED) is 0.723. The highest BCUT2D eigenvalue weighted by Gasteiger charge is 2.31. The highest BCUT2D eigenvalue weighted by molar-refractivity contribution is 5.40. The van der Waals surface area contributed by atoms with Crippen LogP contribution in [0.25, 0.3) is 11.6 Å². The predicted octanol–water partition coefficient (Wildman–Crippen LogP) is 1.55. The van der Waals surface area contributed by atoms with E-state index in [2.05, 4.69) is 24.6 Å². The summed E-state index contributed by atoms with van der Waals surface area (Å²) in [4.78, 5) is 10.5. The lowest BCUT2D eigenvalue weighted by molar-refractivity contribution is -0.138. The Morgan fingerprint density at radius 2 is 1.67 bits per heavy atom. The molecule has 0 radical (unpaired) electrons. The van der Waals surface area contributed by atoms with Gasteiger partial charge in [-0.2, -0.15) is 18.2 Å². The average Bonchev–Trinajstić information content (AvgIpc) is 2.69. The summed E-state index contributed by atoms with van der Waals surface area (Å²) < 4.78 is 40.8. The van der Waals surface area contributed by atoms with Crippen LogP contribution in [0.4, 0.5) is 13.2 Å². The molecule has 0 saturated carbocycles. The lowest BCUT2D eigenvalue weighted by atomic mass is 10.3. The Morgan fingerprint density at radius 3 is 2.13 bits per heavy atom. The summed E-state index contributed by atoms with van der Waals surface area (Å²) in [5.74, 6) is 0.0282. The van der Waals surface area contributed by atoms with E-state index in [0.29, 0.717) is 12.4 Å². The first-order chi connectivity index (χ1) is 7.07. The zero-order valence-electron chi connectivity index (χ0n) is 7.06. The first kappa shape index (κ1) is 9.56. The van der Waals surface area contributed by atoms with Crippen molar-refractivity contribution in [3.8, 4) is 11.6 Å². The first-order valence-electron chi connectivity index (χ1n) is 3.73. The van der Waals surface area contributed by atoms with Crippen LogP contribution < -0.4 is 0 Å². The summed E-state index contributed by atoms with van der Waals surface area (Å²) in [5, 5.41) is 3.39. The van der Waals surface area contributed by atoms with Gasteiger partial charge in [0.2, 0.25) is 18.0 Å². The fraction of sp³-hybridized carbons (Fsp3) is 0.143. The molecule has 0 aliphatic heterocycles. The number of hydrogen-bond acceptors (Lipinski definition) is 5. The van der Waals surface area contributed by atoms with Crippen LogP contribution in [0.1, 0.15) is 5.56 Å². The summed E-state index contributed by atoms with van der Waals surface area (Å²) >= 11 is 0. The van der Waals surface area contributed by atoms with E-state index in [1.165, 1.54) is 0 Å². The molecular weight excluding hydrogens is 213 g/mol. The number of aromatic nitrogens is 4. The lowest BCUT2D eigenvalue weighted by Crippen LogP contribution is -2.06. The van der Waals surface area contributed by atoms with Gasteiger partial charge in [0.05, 0.1) is 5.56 Å². The smallest absolute Gasteiger partial charge is 0.342 e. The van der Waals surface area contributed by atoms with Gasteiger partial charge in [0.25, 0.3) is 0 Å². The largest absolute Gasteiger partial charge is 0.419 e. The van der Waals surface area contributed by atoms with E-state index in [-0.39, 0.29) is 11.6 Å². The molecule has 0 saturated heterocycles. The van der Waals surface area contributed by atoms with Crippen LogP contribution in [0.15, 0.2) is 23.3 Å². The molecule has 15 heavy (non-hydrogen) atoms. The number of rotatable bonds is 1. The minimum atomic E-state index is -4.45. The maximum absolute atomic E-state index is 12.1. The standard InChI is InChI=1S/C7H3F3N4O/c8-7(9,10)4-1-11-5(12-2-4)6-13-3-15-14-6/h1-3H. The zero-order chi connectivity index (χ0) is 10.9. The van der Waals surface area contributed by atoms with Crippen LogP contribution in [-0.4, -0.2) is 20.1 Å².